The van der Waals surface area contributed by atoms with Crippen molar-refractivity contribution in [3.8, 4) is 0 Å². The van der Waals surface area contributed by atoms with Crippen LogP contribution in [0.2, 0.25) is 0 Å². The first-order chi connectivity index (χ1) is 9.09. The minimum Gasteiger partial charge on any atom is -0.477 e. The normalized spacial score (nSPS) is 9.89. The molecule has 0 unspecified atom stereocenters. The Balaban J connectivity index is 2.39. The highest BCUT2D eigenvalue weighted by Crippen LogP contribution is 2.23. The van der Waals surface area contributed by atoms with Crippen LogP contribution in [0.5, 0.6) is 0 Å². The van der Waals surface area contributed by atoms with Crippen LogP contribution in [0, 0.1) is 0 Å². The Bertz CT molecular complexity index is 655. The second-order valence-corrected chi connectivity index (χ2v) is 3.84. The van der Waals surface area contributed by atoms with Crippen molar-refractivity contribution in [1.82, 2.24) is 0 Å². The molecule has 5 nitrogen and oxygen atoms in total. The summed E-state index contributed by atoms with van der Waals surface area (Å²) in [7, 11) is 0. The summed E-state index contributed by atoms with van der Waals surface area (Å²) in [4.78, 5) is 21.5. The van der Waals surface area contributed by atoms with E-state index in [4.69, 9.17) is 10.2 Å². The third kappa shape index (κ3) is 2.71. The molecule has 0 aliphatic carbocycles. The molecule has 2 aromatic carbocycles. The maximum absolute atomic E-state index is 10.7. The maximum atomic E-state index is 10.7. The quantitative estimate of drug-likeness (QED) is 0.444. The molecule has 0 fully saturated rings. The molecule has 0 amide bonds. The summed E-state index contributed by atoms with van der Waals surface area (Å²) in [6, 6.07) is 13.0. The average molecular weight is 257 g/mol. The Labute approximate surface area is 108 Å². The minimum absolute atomic E-state index is 0.651. The number of carboxylic acids is 2. The summed E-state index contributed by atoms with van der Waals surface area (Å²) >= 11 is 0. The number of rotatable bonds is 4. The van der Waals surface area contributed by atoms with Gasteiger partial charge in [-0.2, -0.15) is 0 Å². The SMILES string of the molecule is O=C(O)C(=CNc1cccc2ccccc12)C(=O)O. The van der Waals surface area contributed by atoms with Crippen molar-refractivity contribution >= 4 is 28.4 Å². The molecule has 0 aliphatic heterocycles. The van der Waals surface area contributed by atoms with E-state index in [0.29, 0.717) is 5.69 Å². The van der Waals surface area contributed by atoms with Crippen molar-refractivity contribution < 1.29 is 19.8 Å². The smallest absolute Gasteiger partial charge is 0.344 e. The fraction of sp³-hybridized carbons (Fsp3) is 0. The summed E-state index contributed by atoms with van der Waals surface area (Å²) in [5.74, 6) is -2.97. The number of nitrogens with one attached hydrogen (secondary N) is 1. The number of carbonyl (C=O) groups is 2. The lowest BCUT2D eigenvalue weighted by molar-refractivity contribution is -0.140. The van der Waals surface area contributed by atoms with Gasteiger partial charge in [-0.15, -0.1) is 0 Å². The van der Waals surface area contributed by atoms with Gasteiger partial charge in [-0.05, 0) is 11.5 Å². The molecule has 0 spiro atoms. The van der Waals surface area contributed by atoms with E-state index in [0.717, 1.165) is 17.0 Å². The molecule has 2 aromatic rings. The Kier molecular flexibility index (Phi) is 3.47. The van der Waals surface area contributed by atoms with Gasteiger partial charge < -0.3 is 15.5 Å². The van der Waals surface area contributed by atoms with Crippen LogP contribution < -0.4 is 5.32 Å². The Hall–Kier alpha value is -2.82. The number of aliphatic carboxylic acids is 2. The third-order valence-corrected chi connectivity index (χ3v) is 2.62. The van der Waals surface area contributed by atoms with Crippen LogP contribution in [-0.2, 0) is 9.59 Å². The Morgan fingerprint density at radius 1 is 0.947 bits per heavy atom. The molecule has 0 atom stereocenters. The molecule has 0 saturated carbocycles. The number of hydrogen-bond donors (Lipinski definition) is 3. The predicted molar refractivity (Wildman–Crippen MR) is 70.9 cm³/mol. The van der Waals surface area contributed by atoms with Crippen molar-refractivity contribution in [3.05, 3.63) is 54.2 Å². The van der Waals surface area contributed by atoms with Crippen LogP contribution in [-0.4, -0.2) is 22.2 Å². The molecule has 96 valence electrons. The van der Waals surface area contributed by atoms with Crippen LogP contribution in [0.4, 0.5) is 5.69 Å². The van der Waals surface area contributed by atoms with Gasteiger partial charge in [0.05, 0.1) is 0 Å². The summed E-state index contributed by atoms with van der Waals surface area (Å²) in [5, 5.41) is 22.1. The number of benzene rings is 2. The molecule has 19 heavy (non-hydrogen) atoms. The summed E-state index contributed by atoms with van der Waals surface area (Å²) in [5.41, 5.74) is -0.0639. The van der Waals surface area contributed by atoms with E-state index in [1.165, 1.54) is 0 Å². The zero-order valence-corrected chi connectivity index (χ0v) is 9.83. The highest BCUT2D eigenvalue weighted by molar-refractivity contribution is 6.12. The molecule has 0 saturated heterocycles. The second kappa shape index (κ2) is 5.22. The average Bonchev–Trinajstić information content (AvgIpc) is 2.38. The molecule has 0 radical (unpaired) electrons. The minimum atomic E-state index is -1.49. The van der Waals surface area contributed by atoms with E-state index in [1.807, 2.05) is 30.3 Å². The molecule has 5 heteroatoms. The van der Waals surface area contributed by atoms with Gasteiger partial charge in [-0.1, -0.05) is 36.4 Å². The van der Waals surface area contributed by atoms with Gasteiger partial charge in [0.1, 0.15) is 0 Å². The fourth-order valence-electron chi connectivity index (χ4n) is 1.72. The number of anilines is 1. The van der Waals surface area contributed by atoms with E-state index in [1.54, 1.807) is 12.1 Å². The van der Waals surface area contributed by atoms with Gasteiger partial charge in [-0.3, -0.25) is 0 Å². The monoisotopic (exact) mass is 257 g/mol. The largest absolute Gasteiger partial charge is 0.477 e. The molecule has 0 bridgehead atoms. The lowest BCUT2D eigenvalue weighted by Crippen LogP contribution is -2.12. The van der Waals surface area contributed by atoms with E-state index >= 15 is 0 Å². The molecule has 3 N–H and O–H groups in total. The van der Waals surface area contributed by atoms with E-state index in [9.17, 15) is 9.59 Å². The predicted octanol–water partition coefficient (Wildman–Crippen LogP) is 2.30. The van der Waals surface area contributed by atoms with E-state index < -0.39 is 17.5 Å². The van der Waals surface area contributed by atoms with Gasteiger partial charge in [0, 0.05) is 17.3 Å². The molecule has 0 aliphatic rings. The summed E-state index contributed by atoms with van der Waals surface area (Å²) < 4.78 is 0. The third-order valence-electron chi connectivity index (χ3n) is 2.62. The van der Waals surface area contributed by atoms with Gasteiger partial charge in [0.25, 0.3) is 0 Å². The first kappa shape index (κ1) is 12.6. The zero-order chi connectivity index (χ0) is 13.8. The lowest BCUT2D eigenvalue weighted by atomic mass is 10.1. The number of hydrogen-bond acceptors (Lipinski definition) is 3. The second-order valence-electron chi connectivity index (χ2n) is 3.84. The van der Waals surface area contributed by atoms with Gasteiger partial charge >= 0.3 is 11.9 Å². The first-order valence-electron chi connectivity index (χ1n) is 5.50. The number of fused-ring (bicyclic) bond motifs is 1. The van der Waals surface area contributed by atoms with E-state index in [-0.39, 0.29) is 0 Å². The van der Waals surface area contributed by atoms with Crippen molar-refractivity contribution in [2.24, 2.45) is 0 Å². The van der Waals surface area contributed by atoms with Crippen molar-refractivity contribution in [1.29, 1.82) is 0 Å². The molecular weight excluding hydrogens is 246 g/mol. The van der Waals surface area contributed by atoms with Crippen molar-refractivity contribution in [2.75, 3.05) is 5.32 Å². The van der Waals surface area contributed by atoms with Gasteiger partial charge in [0.15, 0.2) is 5.57 Å². The van der Waals surface area contributed by atoms with Crippen LogP contribution in [0.25, 0.3) is 10.8 Å². The van der Waals surface area contributed by atoms with Crippen molar-refractivity contribution in [3.63, 3.8) is 0 Å². The van der Waals surface area contributed by atoms with Gasteiger partial charge in [0.2, 0.25) is 0 Å². The Morgan fingerprint density at radius 2 is 1.58 bits per heavy atom. The van der Waals surface area contributed by atoms with Crippen molar-refractivity contribution in [2.45, 2.75) is 0 Å². The van der Waals surface area contributed by atoms with Crippen LogP contribution in [0.3, 0.4) is 0 Å². The zero-order valence-electron chi connectivity index (χ0n) is 9.83. The molecule has 0 heterocycles. The summed E-state index contributed by atoms with van der Waals surface area (Å²) in [6.07, 6.45) is 0.979. The standard InChI is InChI=1S/C14H11NO4/c16-13(17)11(14(18)19)8-15-12-7-3-5-9-4-1-2-6-10(9)12/h1-8,15H,(H,16,17)(H,18,19). The van der Waals surface area contributed by atoms with Crippen LogP contribution in [0.15, 0.2) is 54.2 Å². The fourth-order valence-corrected chi connectivity index (χ4v) is 1.72. The first-order valence-corrected chi connectivity index (χ1v) is 5.50. The topological polar surface area (TPSA) is 86.6 Å². The molecule has 0 aromatic heterocycles. The highest BCUT2D eigenvalue weighted by atomic mass is 16.4. The van der Waals surface area contributed by atoms with Crippen LogP contribution >= 0.6 is 0 Å². The van der Waals surface area contributed by atoms with Crippen LogP contribution in [0.1, 0.15) is 0 Å². The number of carboxylic acid groups (broad SMARTS) is 2. The molecular formula is C14H11NO4. The van der Waals surface area contributed by atoms with Gasteiger partial charge in [-0.25, -0.2) is 9.59 Å². The lowest BCUT2D eigenvalue weighted by Gasteiger charge is -2.06. The Morgan fingerprint density at radius 3 is 2.26 bits per heavy atom. The highest BCUT2D eigenvalue weighted by Gasteiger charge is 2.15. The van der Waals surface area contributed by atoms with E-state index in [2.05, 4.69) is 5.32 Å². The maximum Gasteiger partial charge on any atom is 0.344 e. The summed E-state index contributed by atoms with van der Waals surface area (Å²) in [6.45, 7) is 0. The molecule has 2 rings (SSSR count).